The summed E-state index contributed by atoms with van der Waals surface area (Å²) in [5, 5.41) is 8.05. The molecule has 0 bridgehead atoms. The van der Waals surface area contributed by atoms with Crippen LogP contribution < -0.4 is 15.0 Å². The number of nitrogens with zero attached hydrogens (tertiary/aromatic N) is 3. The second kappa shape index (κ2) is 8.58. The molecular weight excluding hydrogens is 403 g/mol. The summed E-state index contributed by atoms with van der Waals surface area (Å²) in [6.45, 7) is 6.19. The number of rotatable bonds is 4. The van der Waals surface area contributed by atoms with Gasteiger partial charge in [0.15, 0.2) is 0 Å². The largest absolute Gasteiger partial charge is 0.456 e. The average molecular weight is 435 g/mol. The molecule has 0 aliphatic carbocycles. The first kappa shape index (κ1) is 21.0. The van der Waals surface area contributed by atoms with Crippen LogP contribution in [0.25, 0.3) is 11.1 Å². The minimum atomic E-state index is -0.199. The molecule has 1 atom stereocenters. The lowest BCUT2D eigenvalue weighted by molar-refractivity contribution is 0.343. The molecule has 2 aliphatic rings. The molecule has 5 nitrogen and oxygen atoms in total. The number of halogens is 1. The summed E-state index contributed by atoms with van der Waals surface area (Å²) in [5.41, 5.74) is 4.39. The van der Waals surface area contributed by atoms with Crippen molar-refractivity contribution in [2.75, 3.05) is 25.0 Å². The summed E-state index contributed by atoms with van der Waals surface area (Å²) in [4.78, 5) is 2.04. The molecule has 1 fully saturated rings. The van der Waals surface area contributed by atoms with Crippen LogP contribution in [-0.4, -0.2) is 36.0 Å². The molecule has 3 heterocycles. The van der Waals surface area contributed by atoms with Crippen molar-refractivity contribution in [1.29, 1.82) is 0 Å². The number of benzene rings is 2. The Morgan fingerprint density at radius 2 is 1.97 bits per heavy atom. The van der Waals surface area contributed by atoms with Gasteiger partial charge >= 0.3 is 0 Å². The highest BCUT2D eigenvalue weighted by molar-refractivity contribution is 5.78. The van der Waals surface area contributed by atoms with Gasteiger partial charge in [-0.1, -0.05) is 12.1 Å². The van der Waals surface area contributed by atoms with Crippen molar-refractivity contribution in [2.45, 2.75) is 51.6 Å². The zero-order chi connectivity index (χ0) is 22.2. The number of aryl methyl sites for hydroxylation is 1. The van der Waals surface area contributed by atoms with Gasteiger partial charge in [-0.25, -0.2) is 4.39 Å². The van der Waals surface area contributed by atoms with Crippen LogP contribution in [0.1, 0.15) is 43.4 Å². The first-order valence-corrected chi connectivity index (χ1v) is 11.6. The molecule has 0 amide bonds. The Morgan fingerprint density at radius 3 is 2.75 bits per heavy atom. The second-order valence-corrected chi connectivity index (χ2v) is 9.17. The maximum Gasteiger partial charge on any atom is 0.147 e. The van der Waals surface area contributed by atoms with E-state index in [1.807, 2.05) is 54.0 Å². The van der Waals surface area contributed by atoms with E-state index in [1.54, 1.807) is 6.07 Å². The summed E-state index contributed by atoms with van der Waals surface area (Å²) in [6, 6.07) is 10.3. The van der Waals surface area contributed by atoms with Crippen molar-refractivity contribution in [2.24, 2.45) is 0 Å². The molecule has 0 radical (unpaired) electrons. The van der Waals surface area contributed by atoms with E-state index < -0.39 is 0 Å². The highest BCUT2D eigenvalue weighted by Crippen LogP contribution is 2.46. The average Bonchev–Trinajstić information content (AvgIpc) is 3.28. The number of nitrogens with one attached hydrogen (secondary N) is 1. The lowest BCUT2D eigenvalue weighted by Gasteiger charge is -2.35. The smallest absolute Gasteiger partial charge is 0.147 e. The number of piperidine rings is 1. The Morgan fingerprint density at radius 1 is 1.16 bits per heavy atom. The van der Waals surface area contributed by atoms with Gasteiger partial charge in [-0.2, -0.15) is 5.10 Å². The molecule has 2 aliphatic heterocycles. The van der Waals surface area contributed by atoms with Crippen molar-refractivity contribution in [3.05, 3.63) is 59.7 Å². The lowest BCUT2D eigenvalue weighted by Crippen LogP contribution is -2.34. The number of aromatic nitrogens is 2. The fourth-order valence-electron chi connectivity index (χ4n) is 4.93. The minimum Gasteiger partial charge on any atom is -0.456 e. The summed E-state index contributed by atoms with van der Waals surface area (Å²) in [5.74, 6) is 1.32. The monoisotopic (exact) mass is 434 g/mol. The predicted molar refractivity (Wildman–Crippen MR) is 126 cm³/mol. The first-order valence-electron chi connectivity index (χ1n) is 11.6. The zero-order valence-electron chi connectivity index (χ0n) is 19.1. The maximum absolute atomic E-state index is 15.5. The van der Waals surface area contributed by atoms with Crippen molar-refractivity contribution in [1.82, 2.24) is 15.1 Å². The normalized spacial score (nSPS) is 19.1. The first-order chi connectivity index (χ1) is 15.5. The van der Waals surface area contributed by atoms with Crippen LogP contribution in [-0.2, 0) is 6.42 Å². The Balaban J connectivity index is 1.62. The third-order valence-corrected chi connectivity index (χ3v) is 6.93. The summed E-state index contributed by atoms with van der Waals surface area (Å²) < 4.78 is 24.0. The van der Waals surface area contributed by atoms with E-state index in [1.165, 1.54) is 0 Å². The second-order valence-electron chi connectivity index (χ2n) is 9.17. The molecule has 0 spiro atoms. The van der Waals surface area contributed by atoms with Crippen LogP contribution in [0.15, 0.2) is 42.7 Å². The fourth-order valence-corrected chi connectivity index (χ4v) is 4.93. The van der Waals surface area contributed by atoms with Gasteiger partial charge < -0.3 is 15.0 Å². The topological polar surface area (TPSA) is 42.3 Å². The lowest BCUT2D eigenvalue weighted by atomic mass is 9.92. The summed E-state index contributed by atoms with van der Waals surface area (Å²) in [7, 11) is 1.97. The van der Waals surface area contributed by atoms with Crippen molar-refractivity contribution < 1.29 is 9.13 Å². The van der Waals surface area contributed by atoms with E-state index in [2.05, 4.69) is 23.5 Å². The number of fused-ring (bicyclic) bond motifs is 1. The Kier molecular flexibility index (Phi) is 5.64. The van der Waals surface area contributed by atoms with Crippen molar-refractivity contribution >= 4 is 5.69 Å². The molecule has 2 aromatic carbocycles. The van der Waals surface area contributed by atoms with E-state index in [9.17, 15) is 0 Å². The molecule has 6 heteroatoms. The number of anilines is 1. The van der Waals surface area contributed by atoms with E-state index in [0.29, 0.717) is 11.7 Å². The molecule has 1 saturated heterocycles. The summed E-state index contributed by atoms with van der Waals surface area (Å²) in [6.07, 6.45) is 7.75. The van der Waals surface area contributed by atoms with E-state index >= 15 is 4.39 Å². The van der Waals surface area contributed by atoms with Gasteiger partial charge in [0.05, 0.1) is 17.9 Å². The number of hydrogen-bond donors (Lipinski definition) is 1. The molecule has 32 heavy (non-hydrogen) atoms. The highest BCUT2D eigenvalue weighted by Gasteiger charge is 2.30. The van der Waals surface area contributed by atoms with Crippen LogP contribution >= 0.6 is 0 Å². The zero-order valence-corrected chi connectivity index (χ0v) is 19.1. The molecule has 168 valence electrons. The number of hydrogen-bond acceptors (Lipinski definition) is 4. The van der Waals surface area contributed by atoms with E-state index in [0.717, 1.165) is 72.5 Å². The molecule has 5 rings (SSSR count). The fraction of sp³-hybridized carbons (Fsp3) is 0.423. The molecular formula is C26H31FN4O. The quantitative estimate of drug-likeness (QED) is 0.590. The van der Waals surface area contributed by atoms with Gasteiger partial charge in [-0.05, 0) is 76.4 Å². The molecule has 1 aromatic heterocycles. The van der Waals surface area contributed by atoms with Gasteiger partial charge in [0.2, 0.25) is 0 Å². The molecule has 3 aromatic rings. The molecule has 1 N–H and O–H groups in total. The minimum absolute atomic E-state index is 0.199. The van der Waals surface area contributed by atoms with Crippen LogP contribution in [0.2, 0.25) is 0 Å². The Labute approximate surface area is 189 Å². The standard InChI is InChI=1S/C26H31FN4O/c1-17-5-4-6-21(13-17)32-26-22-8-7-18(2)30(3)25(22)24(27)14-23(26)19-15-29-31(16-19)20-9-11-28-12-10-20/h4-6,13-16,18,20,28H,7-12H2,1-3H3. The van der Waals surface area contributed by atoms with E-state index in [-0.39, 0.29) is 11.9 Å². The van der Waals surface area contributed by atoms with Crippen LogP contribution in [0, 0.1) is 12.7 Å². The highest BCUT2D eigenvalue weighted by atomic mass is 19.1. The van der Waals surface area contributed by atoms with Crippen LogP contribution in [0.4, 0.5) is 10.1 Å². The third-order valence-electron chi connectivity index (χ3n) is 6.93. The Bertz CT molecular complexity index is 1120. The van der Waals surface area contributed by atoms with Crippen molar-refractivity contribution in [3.63, 3.8) is 0 Å². The number of ether oxygens (including phenoxy) is 1. The van der Waals surface area contributed by atoms with Gasteiger partial charge in [-0.3, -0.25) is 4.68 Å². The van der Waals surface area contributed by atoms with E-state index in [4.69, 9.17) is 4.74 Å². The maximum atomic E-state index is 15.5. The third kappa shape index (κ3) is 3.88. The predicted octanol–water partition coefficient (Wildman–Crippen LogP) is 5.49. The van der Waals surface area contributed by atoms with Gasteiger partial charge in [-0.15, -0.1) is 0 Å². The molecule has 0 saturated carbocycles. The van der Waals surface area contributed by atoms with Gasteiger partial charge in [0.1, 0.15) is 17.3 Å². The van der Waals surface area contributed by atoms with Gasteiger partial charge in [0.25, 0.3) is 0 Å². The SMILES string of the molecule is Cc1cccc(Oc2c(-c3cnn(C4CCNCC4)c3)cc(F)c3c2CCC(C)N3C)c1. The molecule has 1 unspecified atom stereocenters. The van der Waals surface area contributed by atoms with Crippen LogP contribution in [0.3, 0.4) is 0 Å². The van der Waals surface area contributed by atoms with Crippen molar-refractivity contribution in [3.8, 4) is 22.6 Å². The Hall–Kier alpha value is -2.86. The van der Waals surface area contributed by atoms with Crippen LogP contribution in [0.5, 0.6) is 11.5 Å². The summed E-state index contributed by atoms with van der Waals surface area (Å²) >= 11 is 0. The van der Waals surface area contributed by atoms with Gasteiger partial charge in [0, 0.05) is 36.0 Å².